The van der Waals surface area contributed by atoms with Crippen LogP contribution in [0.2, 0.25) is 0 Å². The minimum atomic E-state index is -0.551. The van der Waals surface area contributed by atoms with Crippen LogP contribution in [-0.4, -0.2) is 46.0 Å². The third-order valence-corrected chi connectivity index (χ3v) is 5.33. The normalized spacial score (nSPS) is 18.0. The van der Waals surface area contributed by atoms with Gasteiger partial charge in [-0.3, -0.25) is 9.59 Å². The fraction of sp³-hybridized carbons (Fsp3) is 0.545. The Morgan fingerprint density at radius 1 is 1.28 bits per heavy atom. The van der Waals surface area contributed by atoms with Gasteiger partial charge in [-0.1, -0.05) is 37.2 Å². The zero-order valence-electron chi connectivity index (χ0n) is 17.6. The Balaban J connectivity index is 1.73. The first-order valence-corrected chi connectivity index (χ1v) is 10.3. The quantitative estimate of drug-likeness (QED) is 0.807. The first-order chi connectivity index (χ1) is 13.8. The highest BCUT2D eigenvalue weighted by Crippen LogP contribution is 2.26. The Labute approximate surface area is 171 Å². The molecule has 1 aromatic carbocycles. The van der Waals surface area contributed by atoms with E-state index in [2.05, 4.69) is 29.3 Å². The van der Waals surface area contributed by atoms with Crippen LogP contribution in [0, 0.1) is 19.8 Å². The molecule has 1 aromatic heterocycles. The van der Waals surface area contributed by atoms with Crippen molar-refractivity contribution in [2.24, 2.45) is 5.92 Å². The molecule has 7 nitrogen and oxygen atoms in total. The fourth-order valence-corrected chi connectivity index (χ4v) is 3.83. The summed E-state index contributed by atoms with van der Waals surface area (Å²) in [4.78, 5) is 32.3. The van der Waals surface area contributed by atoms with E-state index in [1.807, 2.05) is 30.0 Å². The summed E-state index contributed by atoms with van der Waals surface area (Å²) in [7, 11) is 0. The molecule has 2 aromatic rings. The van der Waals surface area contributed by atoms with Crippen LogP contribution in [0.3, 0.4) is 0 Å². The average Bonchev–Trinajstić information content (AvgIpc) is 3.13. The van der Waals surface area contributed by atoms with Gasteiger partial charge in [0, 0.05) is 18.7 Å². The smallest absolute Gasteiger partial charge is 0.252 e. The SMILES string of the molecule is Cc1noc(C2CCCN(C(=O)C(CC(C)C)NC(=O)c3ccccc3C)C2)n1. The van der Waals surface area contributed by atoms with E-state index in [0.717, 1.165) is 18.4 Å². The first kappa shape index (κ1) is 21.0. The zero-order chi connectivity index (χ0) is 21.0. The molecule has 2 amide bonds. The summed E-state index contributed by atoms with van der Waals surface area (Å²) in [6.45, 7) is 9.02. The summed E-state index contributed by atoms with van der Waals surface area (Å²) in [5.74, 6) is 1.27. The van der Waals surface area contributed by atoms with Gasteiger partial charge >= 0.3 is 0 Å². The molecule has 0 radical (unpaired) electrons. The monoisotopic (exact) mass is 398 g/mol. The van der Waals surface area contributed by atoms with Gasteiger partial charge in [0.05, 0.1) is 5.92 Å². The van der Waals surface area contributed by atoms with E-state index in [9.17, 15) is 9.59 Å². The molecule has 29 heavy (non-hydrogen) atoms. The molecule has 1 N–H and O–H groups in total. The highest BCUT2D eigenvalue weighted by atomic mass is 16.5. The number of aromatic nitrogens is 2. The Hall–Kier alpha value is -2.70. The van der Waals surface area contributed by atoms with Crippen molar-refractivity contribution in [3.8, 4) is 0 Å². The highest BCUT2D eigenvalue weighted by molar-refractivity contribution is 5.98. The third-order valence-electron chi connectivity index (χ3n) is 5.33. The van der Waals surface area contributed by atoms with Gasteiger partial charge in [-0.15, -0.1) is 0 Å². The van der Waals surface area contributed by atoms with Crippen LogP contribution in [0.25, 0.3) is 0 Å². The number of nitrogens with one attached hydrogen (secondary N) is 1. The Kier molecular flexibility index (Phi) is 6.67. The van der Waals surface area contributed by atoms with Crippen molar-refractivity contribution in [3.05, 3.63) is 47.1 Å². The molecule has 2 unspecified atom stereocenters. The summed E-state index contributed by atoms with van der Waals surface area (Å²) in [6, 6.07) is 6.87. The maximum absolute atomic E-state index is 13.3. The van der Waals surface area contributed by atoms with Gasteiger partial charge in [0.2, 0.25) is 11.8 Å². The topological polar surface area (TPSA) is 88.3 Å². The van der Waals surface area contributed by atoms with Gasteiger partial charge in [-0.05, 0) is 50.7 Å². The van der Waals surface area contributed by atoms with Gasteiger partial charge in [-0.25, -0.2) is 0 Å². The van der Waals surface area contributed by atoms with Crippen molar-refractivity contribution in [2.45, 2.75) is 58.9 Å². The number of hydrogen-bond acceptors (Lipinski definition) is 5. The van der Waals surface area contributed by atoms with Gasteiger partial charge in [0.25, 0.3) is 5.91 Å². The third kappa shape index (κ3) is 5.22. The van der Waals surface area contributed by atoms with Crippen molar-refractivity contribution in [1.29, 1.82) is 0 Å². The van der Waals surface area contributed by atoms with Crippen molar-refractivity contribution in [3.63, 3.8) is 0 Å². The summed E-state index contributed by atoms with van der Waals surface area (Å²) >= 11 is 0. The van der Waals surface area contributed by atoms with Crippen LogP contribution < -0.4 is 5.32 Å². The molecule has 0 aliphatic carbocycles. The number of piperidine rings is 1. The van der Waals surface area contributed by atoms with Crippen LogP contribution in [-0.2, 0) is 4.79 Å². The van der Waals surface area contributed by atoms with Crippen molar-refractivity contribution < 1.29 is 14.1 Å². The summed E-state index contributed by atoms with van der Waals surface area (Å²) in [5.41, 5.74) is 1.50. The van der Waals surface area contributed by atoms with E-state index in [4.69, 9.17) is 4.52 Å². The maximum atomic E-state index is 13.3. The van der Waals surface area contributed by atoms with E-state index < -0.39 is 6.04 Å². The summed E-state index contributed by atoms with van der Waals surface area (Å²) < 4.78 is 5.32. The number of amides is 2. The van der Waals surface area contributed by atoms with Gasteiger partial charge < -0.3 is 14.7 Å². The van der Waals surface area contributed by atoms with E-state index in [0.29, 0.717) is 36.8 Å². The molecule has 7 heteroatoms. The molecule has 0 bridgehead atoms. The minimum Gasteiger partial charge on any atom is -0.340 e. The molecule has 0 saturated carbocycles. The maximum Gasteiger partial charge on any atom is 0.252 e. The lowest BCUT2D eigenvalue weighted by atomic mass is 9.95. The molecule has 2 atom stereocenters. The number of likely N-dealkylation sites (tertiary alicyclic amines) is 1. The van der Waals surface area contributed by atoms with E-state index in [1.54, 1.807) is 13.0 Å². The second kappa shape index (κ2) is 9.20. The number of nitrogens with zero attached hydrogens (tertiary/aromatic N) is 3. The van der Waals surface area contributed by atoms with E-state index in [1.165, 1.54) is 0 Å². The number of hydrogen-bond donors (Lipinski definition) is 1. The van der Waals surface area contributed by atoms with E-state index >= 15 is 0 Å². The van der Waals surface area contributed by atoms with Crippen molar-refractivity contribution in [2.75, 3.05) is 13.1 Å². The second-order valence-corrected chi connectivity index (χ2v) is 8.27. The largest absolute Gasteiger partial charge is 0.340 e. The zero-order valence-corrected chi connectivity index (χ0v) is 17.6. The van der Waals surface area contributed by atoms with Gasteiger partial charge in [0.1, 0.15) is 6.04 Å². The molecule has 1 aliphatic rings. The van der Waals surface area contributed by atoms with Crippen LogP contribution in [0.5, 0.6) is 0 Å². The first-order valence-electron chi connectivity index (χ1n) is 10.3. The summed E-state index contributed by atoms with van der Waals surface area (Å²) in [6.07, 6.45) is 2.38. The molecule has 1 fully saturated rings. The molecule has 1 saturated heterocycles. The number of aryl methyl sites for hydroxylation is 2. The summed E-state index contributed by atoms with van der Waals surface area (Å²) in [5, 5.41) is 6.85. The van der Waals surface area contributed by atoms with E-state index in [-0.39, 0.29) is 23.7 Å². The van der Waals surface area contributed by atoms with Crippen LogP contribution >= 0.6 is 0 Å². The van der Waals surface area contributed by atoms with Gasteiger partial charge in [0.15, 0.2) is 5.82 Å². The standard InChI is InChI=1S/C22H30N4O3/c1-14(2)12-19(24-20(27)18-10-6-5-8-15(18)3)22(28)26-11-7-9-17(13-26)21-23-16(4)25-29-21/h5-6,8,10,14,17,19H,7,9,11-13H2,1-4H3,(H,24,27). The lowest BCUT2D eigenvalue weighted by Crippen LogP contribution is -2.51. The predicted octanol–water partition coefficient (Wildman–Crippen LogP) is 3.24. The molecular weight excluding hydrogens is 368 g/mol. The number of benzene rings is 1. The molecule has 156 valence electrons. The lowest BCUT2D eigenvalue weighted by Gasteiger charge is -2.34. The minimum absolute atomic E-state index is 0.0402. The molecule has 0 spiro atoms. The molecule has 2 heterocycles. The molecule has 1 aliphatic heterocycles. The highest BCUT2D eigenvalue weighted by Gasteiger charge is 2.33. The van der Waals surface area contributed by atoms with Crippen molar-refractivity contribution in [1.82, 2.24) is 20.4 Å². The number of carbonyl (C=O) groups excluding carboxylic acids is 2. The second-order valence-electron chi connectivity index (χ2n) is 8.27. The van der Waals surface area contributed by atoms with Crippen LogP contribution in [0.15, 0.2) is 28.8 Å². The van der Waals surface area contributed by atoms with Gasteiger partial charge in [-0.2, -0.15) is 4.98 Å². The lowest BCUT2D eigenvalue weighted by molar-refractivity contribution is -0.135. The fourth-order valence-electron chi connectivity index (χ4n) is 3.83. The number of carbonyl (C=O) groups is 2. The van der Waals surface area contributed by atoms with Crippen molar-refractivity contribution >= 4 is 11.8 Å². The molecular formula is C22H30N4O3. The Bertz CT molecular complexity index is 861. The molecule has 3 rings (SSSR count). The van der Waals surface area contributed by atoms with Crippen LogP contribution in [0.1, 0.15) is 66.7 Å². The Morgan fingerprint density at radius 3 is 2.69 bits per heavy atom. The average molecular weight is 399 g/mol. The number of rotatable bonds is 6. The predicted molar refractivity (Wildman–Crippen MR) is 109 cm³/mol. The Morgan fingerprint density at radius 2 is 2.03 bits per heavy atom. The van der Waals surface area contributed by atoms with Crippen LogP contribution in [0.4, 0.5) is 0 Å².